The summed E-state index contributed by atoms with van der Waals surface area (Å²) in [7, 11) is 0. The molecule has 0 aromatic rings. The summed E-state index contributed by atoms with van der Waals surface area (Å²) in [5, 5.41) is 0. The zero-order chi connectivity index (χ0) is 16.9. The van der Waals surface area contributed by atoms with E-state index >= 15 is 0 Å². The van der Waals surface area contributed by atoms with E-state index in [0.29, 0.717) is 23.8 Å². The number of hydrogen-bond acceptors (Lipinski definition) is 1. The van der Waals surface area contributed by atoms with Gasteiger partial charge in [0.15, 0.2) is 0 Å². The molecule has 2 N–H and O–H groups in total. The third-order valence-electron chi connectivity index (χ3n) is 6.81. The molecule has 21 heavy (non-hydrogen) atoms. The van der Waals surface area contributed by atoms with Crippen molar-refractivity contribution in [3.63, 3.8) is 0 Å². The Morgan fingerprint density at radius 1 is 0.524 bits per heavy atom. The van der Waals surface area contributed by atoms with E-state index in [2.05, 4.69) is 69.2 Å². The Morgan fingerprint density at radius 2 is 0.905 bits per heavy atom. The fourth-order valence-electron chi connectivity index (χ4n) is 3.44. The molecule has 128 valence electrons. The van der Waals surface area contributed by atoms with Gasteiger partial charge in [0, 0.05) is 6.04 Å². The molecule has 0 fully saturated rings. The molecule has 0 heterocycles. The zero-order valence-electron chi connectivity index (χ0n) is 16.5. The maximum Gasteiger partial charge on any atom is 0.00696 e. The highest BCUT2D eigenvalue weighted by Crippen LogP contribution is 2.36. The number of hydrogen-bond donors (Lipinski definition) is 1. The van der Waals surface area contributed by atoms with Gasteiger partial charge in [-0.2, -0.15) is 0 Å². The molecule has 0 saturated heterocycles. The lowest BCUT2D eigenvalue weighted by molar-refractivity contribution is 0.132. The van der Waals surface area contributed by atoms with Crippen molar-refractivity contribution in [1.82, 2.24) is 0 Å². The van der Waals surface area contributed by atoms with Crippen molar-refractivity contribution in [3.05, 3.63) is 0 Å². The van der Waals surface area contributed by atoms with Gasteiger partial charge in [0.05, 0.1) is 0 Å². The van der Waals surface area contributed by atoms with Crippen LogP contribution in [0.1, 0.15) is 75.7 Å². The maximum absolute atomic E-state index is 6.44. The second-order valence-corrected chi connectivity index (χ2v) is 8.66. The second kappa shape index (κ2) is 9.18. The third-order valence-corrected chi connectivity index (χ3v) is 6.81. The van der Waals surface area contributed by atoms with Gasteiger partial charge in [0.1, 0.15) is 0 Å². The smallest absolute Gasteiger partial charge is 0.00696 e. The molecule has 0 bridgehead atoms. The first kappa shape index (κ1) is 21.0. The van der Waals surface area contributed by atoms with Gasteiger partial charge in [0.2, 0.25) is 0 Å². The number of rotatable bonds is 9. The van der Waals surface area contributed by atoms with Crippen LogP contribution in [0, 0.1) is 47.3 Å². The van der Waals surface area contributed by atoms with E-state index in [1.54, 1.807) is 0 Å². The van der Waals surface area contributed by atoms with Crippen LogP contribution in [-0.2, 0) is 0 Å². The summed E-state index contributed by atoms with van der Waals surface area (Å²) in [5.41, 5.74) is 6.44. The molecule has 0 spiro atoms. The van der Waals surface area contributed by atoms with Crippen LogP contribution in [0.4, 0.5) is 0 Å². The quantitative estimate of drug-likeness (QED) is 0.569. The van der Waals surface area contributed by atoms with Crippen molar-refractivity contribution in [2.75, 3.05) is 0 Å². The lowest BCUT2D eigenvalue weighted by atomic mass is 9.70. The summed E-state index contributed by atoms with van der Waals surface area (Å²) in [6.45, 7) is 23.7. The molecule has 0 saturated carbocycles. The van der Waals surface area contributed by atoms with Gasteiger partial charge in [-0.15, -0.1) is 0 Å². The fraction of sp³-hybridized carbons (Fsp3) is 1.00. The second-order valence-electron chi connectivity index (χ2n) is 8.66. The van der Waals surface area contributed by atoms with E-state index in [4.69, 9.17) is 5.73 Å². The molecular weight excluding hydrogens is 254 g/mol. The van der Waals surface area contributed by atoms with Crippen LogP contribution < -0.4 is 5.73 Å². The standard InChI is InChI=1S/C20H43N/c1-12(2)15(6)18(9)19(10)17(8)14(5)11-20(21)16(7)13(3)4/h12-20H,11,21H2,1-10H3/t14?,15-,16?,17-,18?,19+,20?/m1/s1. The van der Waals surface area contributed by atoms with Crippen LogP contribution in [0.25, 0.3) is 0 Å². The van der Waals surface area contributed by atoms with Crippen LogP contribution in [0.15, 0.2) is 0 Å². The fourth-order valence-corrected chi connectivity index (χ4v) is 3.44. The lowest BCUT2D eigenvalue weighted by Gasteiger charge is -2.37. The average Bonchev–Trinajstić information content (AvgIpc) is 2.42. The molecule has 4 unspecified atom stereocenters. The SMILES string of the molecule is CC(C)C(C)C(N)CC(C)[C@@H](C)[C@H](C)C(C)[C@H](C)C(C)C. The Balaban J connectivity index is 4.59. The van der Waals surface area contributed by atoms with Crippen LogP contribution >= 0.6 is 0 Å². The predicted molar refractivity (Wildman–Crippen MR) is 97.3 cm³/mol. The molecule has 0 aliphatic heterocycles. The summed E-state index contributed by atoms with van der Waals surface area (Å²) < 4.78 is 0. The van der Waals surface area contributed by atoms with Gasteiger partial charge in [-0.1, -0.05) is 69.2 Å². The summed E-state index contributed by atoms with van der Waals surface area (Å²) in [6.07, 6.45) is 1.16. The molecule has 0 aromatic heterocycles. The van der Waals surface area contributed by atoms with Crippen molar-refractivity contribution in [3.8, 4) is 0 Å². The van der Waals surface area contributed by atoms with Gasteiger partial charge in [-0.3, -0.25) is 0 Å². The largest absolute Gasteiger partial charge is 0.327 e. The van der Waals surface area contributed by atoms with Crippen molar-refractivity contribution in [2.24, 2.45) is 53.1 Å². The van der Waals surface area contributed by atoms with Crippen LogP contribution in [0.5, 0.6) is 0 Å². The van der Waals surface area contributed by atoms with Crippen molar-refractivity contribution in [1.29, 1.82) is 0 Å². The topological polar surface area (TPSA) is 26.0 Å². The van der Waals surface area contributed by atoms with Gasteiger partial charge in [0.25, 0.3) is 0 Å². The van der Waals surface area contributed by atoms with E-state index < -0.39 is 0 Å². The van der Waals surface area contributed by atoms with Crippen molar-refractivity contribution < 1.29 is 0 Å². The minimum absolute atomic E-state index is 0.340. The van der Waals surface area contributed by atoms with E-state index in [0.717, 1.165) is 36.0 Å². The minimum Gasteiger partial charge on any atom is -0.327 e. The Hall–Kier alpha value is -0.0400. The molecule has 0 aromatic carbocycles. The predicted octanol–water partition coefficient (Wildman–Crippen LogP) is 5.83. The normalized spacial score (nSPS) is 22.7. The highest BCUT2D eigenvalue weighted by molar-refractivity contribution is 4.81. The Labute approximate surface area is 135 Å². The van der Waals surface area contributed by atoms with E-state index in [1.165, 1.54) is 0 Å². The van der Waals surface area contributed by atoms with Gasteiger partial charge < -0.3 is 5.73 Å². The third kappa shape index (κ3) is 6.30. The Kier molecular flexibility index (Phi) is 9.16. The zero-order valence-corrected chi connectivity index (χ0v) is 16.5. The summed E-state index contributed by atoms with van der Waals surface area (Å²) >= 11 is 0. The molecule has 1 nitrogen and oxygen atoms in total. The molecule has 1 heteroatoms. The van der Waals surface area contributed by atoms with Crippen molar-refractivity contribution >= 4 is 0 Å². The summed E-state index contributed by atoms with van der Waals surface area (Å²) in [6, 6.07) is 0.340. The molecule has 0 aliphatic carbocycles. The number of nitrogens with two attached hydrogens (primary N) is 1. The summed E-state index contributed by atoms with van der Waals surface area (Å²) in [4.78, 5) is 0. The molecule has 7 atom stereocenters. The molecule has 0 rings (SSSR count). The maximum atomic E-state index is 6.44. The minimum atomic E-state index is 0.340. The van der Waals surface area contributed by atoms with Gasteiger partial charge in [-0.05, 0) is 53.8 Å². The van der Waals surface area contributed by atoms with Crippen LogP contribution in [0.2, 0.25) is 0 Å². The highest BCUT2D eigenvalue weighted by Gasteiger charge is 2.30. The summed E-state index contributed by atoms with van der Waals surface area (Å²) in [5.74, 6) is 5.85. The van der Waals surface area contributed by atoms with Crippen LogP contribution in [0.3, 0.4) is 0 Å². The first-order valence-electron chi connectivity index (χ1n) is 9.26. The van der Waals surface area contributed by atoms with Gasteiger partial charge >= 0.3 is 0 Å². The van der Waals surface area contributed by atoms with Gasteiger partial charge in [-0.25, -0.2) is 0 Å². The Morgan fingerprint density at radius 3 is 1.29 bits per heavy atom. The highest BCUT2D eigenvalue weighted by atomic mass is 14.7. The first-order valence-corrected chi connectivity index (χ1v) is 9.26. The monoisotopic (exact) mass is 297 g/mol. The molecule has 0 amide bonds. The van der Waals surface area contributed by atoms with Crippen LogP contribution in [-0.4, -0.2) is 6.04 Å². The van der Waals surface area contributed by atoms with E-state index in [1.807, 2.05) is 0 Å². The van der Waals surface area contributed by atoms with E-state index in [9.17, 15) is 0 Å². The molecule has 0 aliphatic rings. The van der Waals surface area contributed by atoms with E-state index in [-0.39, 0.29) is 0 Å². The van der Waals surface area contributed by atoms with Crippen molar-refractivity contribution in [2.45, 2.75) is 81.7 Å². The Bertz CT molecular complexity index is 271. The average molecular weight is 298 g/mol. The molecule has 0 radical (unpaired) electrons. The first-order chi connectivity index (χ1) is 9.50. The lowest BCUT2D eigenvalue weighted by Crippen LogP contribution is -2.36. The molecular formula is C20H43N.